The van der Waals surface area contributed by atoms with Crippen molar-refractivity contribution in [3.05, 3.63) is 49.5 Å². The van der Waals surface area contributed by atoms with Crippen LogP contribution in [-0.2, 0) is 0 Å². The van der Waals surface area contributed by atoms with Gasteiger partial charge in [-0.15, -0.1) is 26.3 Å². The highest BCUT2D eigenvalue weighted by Crippen LogP contribution is 2.30. The molecule has 0 amide bonds. The van der Waals surface area contributed by atoms with E-state index >= 15 is 0 Å². The predicted molar refractivity (Wildman–Crippen MR) is 73.4 cm³/mol. The van der Waals surface area contributed by atoms with Gasteiger partial charge >= 0.3 is 0 Å². The molecule has 14 heavy (non-hydrogen) atoms. The number of hydrogen-bond donors (Lipinski definition) is 0. The maximum absolute atomic E-state index is 3.99. The van der Waals surface area contributed by atoms with Crippen molar-refractivity contribution in [3.63, 3.8) is 0 Å². The first-order chi connectivity index (χ1) is 6.55. The van der Waals surface area contributed by atoms with Gasteiger partial charge in [-0.1, -0.05) is 42.7 Å². The second kappa shape index (κ2) is 5.32. The Balaban J connectivity index is 5.30. The minimum atomic E-state index is -1.63. The Labute approximate surface area is 90.5 Å². The molecular weight excluding hydrogens is 200 g/mol. The first-order valence-corrected chi connectivity index (χ1v) is 11.2. The molecule has 1 unspecified atom stereocenters. The molecule has 0 N–H and O–H groups in total. The highest BCUT2D eigenvalue weighted by Gasteiger charge is 2.43. The van der Waals surface area contributed by atoms with Gasteiger partial charge in [-0.25, -0.2) is 0 Å². The SMILES string of the molecule is C=CC[Si](C)(CC)[Si](C=C)(C=C)C=C. The summed E-state index contributed by atoms with van der Waals surface area (Å²) in [7, 11) is -2.97. The lowest BCUT2D eigenvalue weighted by atomic mass is 10.8. The van der Waals surface area contributed by atoms with Crippen LogP contribution in [0.2, 0.25) is 18.6 Å². The summed E-state index contributed by atoms with van der Waals surface area (Å²) in [5.74, 6) is 0. The molecule has 0 aliphatic carbocycles. The van der Waals surface area contributed by atoms with Gasteiger partial charge in [0.05, 0.1) is 7.59 Å². The first-order valence-electron chi connectivity index (χ1n) is 5.07. The van der Waals surface area contributed by atoms with E-state index in [2.05, 4.69) is 56.9 Å². The molecule has 0 aromatic rings. The molecule has 2 heteroatoms. The lowest BCUT2D eigenvalue weighted by molar-refractivity contribution is 1.35. The third kappa shape index (κ3) is 2.07. The third-order valence-corrected chi connectivity index (χ3v) is 20.1. The van der Waals surface area contributed by atoms with Crippen LogP contribution in [-0.4, -0.2) is 15.2 Å². The van der Waals surface area contributed by atoms with E-state index in [0.717, 1.165) is 6.04 Å². The summed E-state index contributed by atoms with van der Waals surface area (Å²) in [6.45, 7) is 20.5. The van der Waals surface area contributed by atoms with Gasteiger partial charge in [0.25, 0.3) is 0 Å². The van der Waals surface area contributed by atoms with E-state index in [0.29, 0.717) is 0 Å². The van der Waals surface area contributed by atoms with E-state index in [1.54, 1.807) is 0 Å². The van der Waals surface area contributed by atoms with E-state index in [1.807, 2.05) is 6.08 Å². The van der Waals surface area contributed by atoms with Crippen molar-refractivity contribution in [3.8, 4) is 0 Å². The zero-order chi connectivity index (χ0) is 11.2. The van der Waals surface area contributed by atoms with Crippen molar-refractivity contribution in [2.45, 2.75) is 25.6 Å². The second-order valence-corrected chi connectivity index (χ2v) is 17.5. The maximum Gasteiger partial charge on any atom is 0.115 e. The molecule has 0 heterocycles. The molecule has 0 radical (unpaired) electrons. The van der Waals surface area contributed by atoms with Gasteiger partial charge in [-0.05, 0) is 6.04 Å². The normalized spacial score (nSPS) is 15.3. The molecule has 0 fully saturated rings. The van der Waals surface area contributed by atoms with E-state index in [9.17, 15) is 0 Å². The fraction of sp³-hybridized carbons (Fsp3) is 0.333. The monoisotopic (exact) mass is 222 g/mol. The van der Waals surface area contributed by atoms with E-state index < -0.39 is 15.2 Å². The van der Waals surface area contributed by atoms with E-state index in [-0.39, 0.29) is 0 Å². The largest absolute Gasteiger partial charge is 0.115 e. The quantitative estimate of drug-likeness (QED) is 0.452. The minimum absolute atomic E-state index is 1.14. The fourth-order valence-corrected chi connectivity index (χ4v) is 13.6. The maximum atomic E-state index is 3.99. The molecule has 0 aliphatic rings. The smallest absolute Gasteiger partial charge is 0.107 e. The van der Waals surface area contributed by atoms with Crippen LogP contribution in [0.5, 0.6) is 0 Å². The number of hydrogen-bond acceptors (Lipinski definition) is 0. The molecule has 0 spiro atoms. The van der Waals surface area contributed by atoms with Crippen LogP contribution in [0.25, 0.3) is 0 Å². The van der Waals surface area contributed by atoms with Crippen molar-refractivity contribution in [1.29, 1.82) is 0 Å². The van der Waals surface area contributed by atoms with Crippen LogP contribution < -0.4 is 0 Å². The second-order valence-electron chi connectivity index (χ2n) is 3.95. The van der Waals surface area contributed by atoms with Crippen LogP contribution in [0.4, 0.5) is 0 Å². The average molecular weight is 222 g/mol. The van der Waals surface area contributed by atoms with Crippen LogP contribution in [0, 0.1) is 0 Å². The lowest BCUT2D eigenvalue weighted by Crippen LogP contribution is -2.57. The van der Waals surface area contributed by atoms with Gasteiger partial charge in [0.1, 0.15) is 7.59 Å². The van der Waals surface area contributed by atoms with Crippen LogP contribution >= 0.6 is 0 Å². The Kier molecular flexibility index (Phi) is 5.09. The van der Waals surface area contributed by atoms with Gasteiger partial charge < -0.3 is 0 Å². The molecule has 0 aromatic heterocycles. The zero-order valence-corrected chi connectivity index (χ0v) is 11.6. The summed E-state index contributed by atoms with van der Waals surface area (Å²) in [5, 5.41) is 0. The molecule has 0 bridgehead atoms. The zero-order valence-electron chi connectivity index (χ0n) is 9.55. The number of allylic oxidation sites excluding steroid dienone is 1. The van der Waals surface area contributed by atoms with Gasteiger partial charge in [-0.3, -0.25) is 0 Å². The van der Waals surface area contributed by atoms with Gasteiger partial charge in [-0.2, -0.15) is 0 Å². The summed E-state index contributed by atoms with van der Waals surface area (Å²) < 4.78 is 0. The Hall–Kier alpha value is -0.606. The minimum Gasteiger partial charge on any atom is -0.107 e. The summed E-state index contributed by atoms with van der Waals surface area (Å²) in [6.07, 6.45) is 2.05. The molecule has 78 valence electrons. The third-order valence-electron chi connectivity index (χ3n) is 3.43. The molecule has 0 aliphatic heterocycles. The summed E-state index contributed by atoms with van der Waals surface area (Å²) in [5.41, 5.74) is 6.39. The van der Waals surface area contributed by atoms with Crippen molar-refractivity contribution in [2.24, 2.45) is 0 Å². The van der Waals surface area contributed by atoms with Crippen molar-refractivity contribution >= 4 is 15.2 Å². The van der Waals surface area contributed by atoms with Crippen LogP contribution in [0.3, 0.4) is 0 Å². The van der Waals surface area contributed by atoms with Gasteiger partial charge in [0, 0.05) is 0 Å². The molecular formula is C12H22Si2. The Morgan fingerprint density at radius 2 is 1.43 bits per heavy atom. The highest BCUT2D eigenvalue weighted by molar-refractivity contribution is 7.47. The molecule has 0 saturated carbocycles. The van der Waals surface area contributed by atoms with Gasteiger partial charge in [0.2, 0.25) is 0 Å². The Morgan fingerprint density at radius 3 is 1.64 bits per heavy atom. The first kappa shape index (κ1) is 13.4. The molecule has 0 saturated heterocycles. The van der Waals surface area contributed by atoms with Crippen LogP contribution in [0.1, 0.15) is 6.92 Å². The van der Waals surface area contributed by atoms with E-state index in [4.69, 9.17) is 0 Å². The Bertz CT molecular complexity index is 221. The average Bonchev–Trinajstić information content (AvgIpc) is 2.21. The van der Waals surface area contributed by atoms with E-state index in [1.165, 1.54) is 6.04 Å². The molecule has 1 atom stereocenters. The molecule has 0 rings (SSSR count). The van der Waals surface area contributed by atoms with Crippen molar-refractivity contribution < 1.29 is 0 Å². The standard InChI is InChI=1S/C12H22Si2/c1-7-12-13(6,8-2)14(9-3,10-4)11-5/h7,9-11H,1,3-5,8,12H2,2,6H3. The fourth-order valence-electron chi connectivity index (χ4n) is 1.94. The van der Waals surface area contributed by atoms with Crippen molar-refractivity contribution in [1.82, 2.24) is 0 Å². The number of rotatable bonds is 7. The highest BCUT2D eigenvalue weighted by atomic mass is 29.3. The summed E-state index contributed by atoms with van der Waals surface area (Å²) >= 11 is 0. The van der Waals surface area contributed by atoms with Crippen LogP contribution in [0.15, 0.2) is 49.5 Å². The summed E-state index contributed by atoms with van der Waals surface area (Å²) in [4.78, 5) is 0. The summed E-state index contributed by atoms with van der Waals surface area (Å²) in [6, 6.07) is 2.38. The van der Waals surface area contributed by atoms with Gasteiger partial charge in [0.15, 0.2) is 0 Å². The van der Waals surface area contributed by atoms with Crippen molar-refractivity contribution in [2.75, 3.05) is 0 Å². The lowest BCUT2D eigenvalue weighted by Gasteiger charge is -2.38. The molecule has 0 aromatic carbocycles. The Morgan fingerprint density at radius 1 is 1.00 bits per heavy atom. The predicted octanol–water partition coefficient (Wildman–Crippen LogP) is 3.97. The topological polar surface area (TPSA) is 0 Å². The molecule has 0 nitrogen and oxygen atoms in total.